The molecule has 0 N–H and O–H groups in total. The lowest BCUT2D eigenvalue weighted by atomic mass is 9.76. The molecule has 0 aromatic rings. The molecule has 2 aliphatic rings. The monoisotopic (exact) mass is 196 g/mol. The Bertz CT molecular complexity index is 159. The first-order chi connectivity index (χ1) is 6.64. The zero-order valence-corrected chi connectivity index (χ0v) is 10.6. The van der Waals surface area contributed by atoms with Crippen molar-refractivity contribution in [3.8, 4) is 0 Å². The Labute approximate surface area is 90.5 Å². The minimum Gasteiger partial charge on any atom is -0.0656 e. The van der Waals surface area contributed by atoms with Crippen LogP contribution in [0, 0.1) is 17.3 Å². The van der Waals surface area contributed by atoms with Crippen LogP contribution in [0.4, 0.5) is 0 Å². The van der Waals surface area contributed by atoms with Crippen molar-refractivity contribution < 1.29 is 0 Å². The Morgan fingerprint density at radius 1 is 1.07 bits per heavy atom. The molecule has 0 aromatic heterocycles. The van der Waals surface area contributed by atoms with Gasteiger partial charge in [-0.1, -0.05) is 53.4 Å². The topological polar surface area (TPSA) is 0 Å². The first-order valence-corrected chi connectivity index (χ1v) is 6.64. The fourth-order valence-corrected chi connectivity index (χ4v) is 3.24. The van der Waals surface area contributed by atoms with Crippen LogP contribution in [-0.2, 0) is 0 Å². The second-order valence-corrected chi connectivity index (χ2v) is 5.69. The van der Waals surface area contributed by atoms with Gasteiger partial charge in [0.2, 0.25) is 0 Å². The van der Waals surface area contributed by atoms with E-state index in [0.717, 1.165) is 17.3 Å². The van der Waals surface area contributed by atoms with Crippen molar-refractivity contribution in [2.75, 3.05) is 0 Å². The SMILES string of the molecule is CC1C2CCCC[C@@]1(C)CC2.CCC. The summed E-state index contributed by atoms with van der Waals surface area (Å²) in [4.78, 5) is 0. The third-order valence-electron chi connectivity index (χ3n) is 4.47. The van der Waals surface area contributed by atoms with Gasteiger partial charge in [-0.2, -0.15) is 0 Å². The van der Waals surface area contributed by atoms with Gasteiger partial charge < -0.3 is 0 Å². The van der Waals surface area contributed by atoms with Crippen molar-refractivity contribution in [2.24, 2.45) is 17.3 Å². The highest BCUT2D eigenvalue weighted by Gasteiger charge is 2.42. The Morgan fingerprint density at radius 2 is 1.71 bits per heavy atom. The van der Waals surface area contributed by atoms with Crippen molar-refractivity contribution >= 4 is 0 Å². The molecule has 2 bridgehead atoms. The van der Waals surface area contributed by atoms with E-state index in [1.165, 1.54) is 44.9 Å². The lowest BCUT2D eigenvalue weighted by Gasteiger charge is -2.29. The zero-order valence-electron chi connectivity index (χ0n) is 10.6. The van der Waals surface area contributed by atoms with Gasteiger partial charge in [0.05, 0.1) is 0 Å². The first-order valence-electron chi connectivity index (χ1n) is 6.64. The van der Waals surface area contributed by atoms with Crippen LogP contribution < -0.4 is 0 Å². The molecule has 0 saturated heterocycles. The smallest absolute Gasteiger partial charge is 0.0297 e. The summed E-state index contributed by atoms with van der Waals surface area (Å²) in [5.74, 6) is 2.10. The van der Waals surface area contributed by atoms with Crippen LogP contribution in [0.1, 0.15) is 72.6 Å². The summed E-state index contributed by atoms with van der Waals surface area (Å²) in [6.07, 6.45) is 10.3. The molecular weight excluding hydrogens is 168 g/mol. The number of hydrogen-bond acceptors (Lipinski definition) is 0. The van der Waals surface area contributed by atoms with Crippen molar-refractivity contribution in [1.29, 1.82) is 0 Å². The molecule has 0 aliphatic heterocycles. The average Bonchev–Trinajstić information content (AvgIpc) is 2.30. The highest BCUT2D eigenvalue weighted by atomic mass is 14.5. The summed E-state index contributed by atoms with van der Waals surface area (Å²) in [6.45, 7) is 9.26. The van der Waals surface area contributed by atoms with E-state index in [2.05, 4.69) is 27.7 Å². The summed E-state index contributed by atoms with van der Waals surface area (Å²) in [7, 11) is 0. The van der Waals surface area contributed by atoms with E-state index in [1.807, 2.05) is 0 Å². The lowest BCUT2D eigenvalue weighted by molar-refractivity contribution is 0.210. The third-order valence-corrected chi connectivity index (χ3v) is 4.47. The van der Waals surface area contributed by atoms with Gasteiger partial charge in [0.25, 0.3) is 0 Å². The second kappa shape index (κ2) is 5.19. The van der Waals surface area contributed by atoms with Crippen molar-refractivity contribution in [1.82, 2.24) is 0 Å². The number of fused-ring (bicyclic) bond motifs is 2. The van der Waals surface area contributed by atoms with Gasteiger partial charge in [0.15, 0.2) is 0 Å². The van der Waals surface area contributed by atoms with E-state index in [1.54, 1.807) is 0 Å². The first kappa shape index (κ1) is 12.1. The number of rotatable bonds is 0. The van der Waals surface area contributed by atoms with Gasteiger partial charge >= 0.3 is 0 Å². The predicted molar refractivity (Wildman–Crippen MR) is 64.4 cm³/mol. The van der Waals surface area contributed by atoms with E-state index in [9.17, 15) is 0 Å². The fourth-order valence-electron chi connectivity index (χ4n) is 3.24. The second-order valence-electron chi connectivity index (χ2n) is 5.69. The number of hydrogen-bond donors (Lipinski definition) is 0. The van der Waals surface area contributed by atoms with Gasteiger partial charge in [-0.05, 0) is 36.5 Å². The highest BCUT2D eigenvalue weighted by molar-refractivity contribution is 4.93. The molecule has 2 unspecified atom stereocenters. The normalized spacial score (nSPS) is 41.1. The molecule has 0 radical (unpaired) electrons. The Hall–Kier alpha value is 0. The van der Waals surface area contributed by atoms with Crippen LogP contribution in [-0.4, -0.2) is 0 Å². The summed E-state index contributed by atoms with van der Waals surface area (Å²) >= 11 is 0. The van der Waals surface area contributed by atoms with Gasteiger partial charge in [0.1, 0.15) is 0 Å². The molecule has 0 heterocycles. The fraction of sp³-hybridized carbons (Fsp3) is 1.00. The van der Waals surface area contributed by atoms with Gasteiger partial charge in [0, 0.05) is 0 Å². The van der Waals surface area contributed by atoms with E-state index < -0.39 is 0 Å². The van der Waals surface area contributed by atoms with Crippen molar-refractivity contribution in [3.63, 3.8) is 0 Å². The summed E-state index contributed by atoms with van der Waals surface area (Å²) < 4.78 is 0. The molecule has 2 aliphatic carbocycles. The minimum absolute atomic E-state index is 0.737. The maximum absolute atomic E-state index is 2.52. The molecule has 0 nitrogen and oxygen atoms in total. The molecule has 2 rings (SSSR count). The molecule has 3 atom stereocenters. The standard InChI is InChI=1S/C11H20.C3H8/c1-9-10-5-3-4-7-11(9,2)8-6-10;1-3-2/h9-10H,3-8H2,1-2H3;3H2,1-2H3/t9?,10?,11-;/m0./s1. The van der Waals surface area contributed by atoms with Crippen molar-refractivity contribution in [3.05, 3.63) is 0 Å². The molecular formula is C14H28. The zero-order chi connectivity index (χ0) is 10.6. The van der Waals surface area contributed by atoms with Crippen LogP contribution in [0.15, 0.2) is 0 Å². The highest BCUT2D eigenvalue weighted by Crippen LogP contribution is 2.53. The quantitative estimate of drug-likeness (QED) is 0.510. The minimum atomic E-state index is 0.737. The van der Waals surface area contributed by atoms with E-state index >= 15 is 0 Å². The van der Waals surface area contributed by atoms with Crippen LogP contribution in [0.25, 0.3) is 0 Å². The van der Waals surface area contributed by atoms with E-state index in [0.29, 0.717) is 0 Å². The predicted octanol–water partition coefficient (Wildman–Crippen LogP) is 5.03. The van der Waals surface area contributed by atoms with Crippen LogP contribution in [0.5, 0.6) is 0 Å². The largest absolute Gasteiger partial charge is 0.0656 e. The molecule has 84 valence electrons. The molecule has 2 fully saturated rings. The van der Waals surface area contributed by atoms with Gasteiger partial charge in [-0.15, -0.1) is 0 Å². The van der Waals surface area contributed by atoms with E-state index in [4.69, 9.17) is 0 Å². The molecule has 2 saturated carbocycles. The van der Waals surface area contributed by atoms with Gasteiger partial charge in [-0.3, -0.25) is 0 Å². The van der Waals surface area contributed by atoms with Crippen LogP contribution >= 0.6 is 0 Å². The Morgan fingerprint density at radius 3 is 2.36 bits per heavy atom. The maximum Gasteiger partial charge on any atom is -0.0297 e. The molecule has 14 heavy (non-hydrogen) atoms. The van der Waals surface area contributed by atoms with Crippen LogP contribution in [0.3, 0.4) is 0 Å². The maximum atomic E-state index is 2.52. The molecule has 0 spiro atoms. The molecule has 0 amide bonds. The Kier molecular flexibility index (Phi) is 4.47. The van der Waals surface area contributed by atoms with Crippen LogP contribution in [0.2, 0.25) is 0 Å². The third kappa shape index (κ3) is 2.52. The van der Waals surface area contributed by atoms with E-state index in [-0.39, 0.29) is 0 Å². The molecule has 0 heteroatoms. The van der Waals surface area contributed by atoms with Crippen molar-refractivity contribution in [2.45, 2.75) is 72.6 Å². The average molecular weight is 196 g/mol. The Balaban J connectivity index is 0.000000293. The van der Waals surface area contributed by atoms with Gasteiger partial charge in [-0.25, -0.2) is 0 Å². The lowest BCUT2D eigenvalue weighted by Crippen LogP contribution is -2.20. The summed E-state index contributed by atoms with van der Waals surface area (Å²) in [5.41, 5.74) is 0.737. The summed E-state index contributed by atoms with van der Waals surface area (Å²) in [6, 6.07) is 0. The summed E-state index contributed by atoms with van der Waals surface area (Å²) in [5, 5.41) is 0. The molecule has 0 aromatic carbocycles.